The number of nitrogens with zero attached hydrogens (tertiary/aromatic N) is 1. The average Bonchev–Trinajstić information content (AvgIpc) is 2.79. The lowest BCUT2D eigenvalue weighted by Crippen LogP contribution is -2.28. The summed E-state index contributed by atoms with van der Waals surface area (Å²) in [6.45, 7) is 2.06. The molecule has 0 aromatic carbocycles. The van der Waals surface area contributed by atoms with E-state index in [-0.39, 0.29) is 6.04 Å². The average molecular weight is 223 g/mol. The van der Waals surface area contributed by atoms with Crippen molar-refractivity contribution in [3.05, 3.63) is 33.6 Å². The first kappa shape index (κ1) is 10.2. The molecule has 6 heteroatoms. The molecule has 2 rings (SSSR count). The van der Waals surface area contributed by atoms with Crippen LogP contribution in [0.2, 0.25) is 0 Å². The third kappa shape index (κ3) is 1.87. The number of aromatic nitrogens is 2. The number of H-pyrrole nitrogens is 1. The first-order valence-corrected chi connectivity index (χ1v) is 5.40. The number of hydrazine groups is 1. The van der Waals surface area contributed by atoms with Crippen LogP contribution in [0.15, 0.2) is 17.6 Å². The minimum Gasteiger partial charge on any atom is -0.384 e. The topological polar surface area (TPSA) is 92.7 Å². The molecule has 0 aliphatic heterocycles. The van der Waals surface area contributed by atoms with E-state index < -0.39 is 0 Å². The Balaban J connectivity index is 2.36. The van der Waals surface area contributed by atoms with Crippen LogP contribution in [0.4, 0.5) is 5.82 Å². The van der Waals surface area contributed by atoms with Gasteiger partial charge in [0.05, 0.1) is 12.2 Å². The number of rotatable bonds is 3. The van der Waals surface area contributed by atoms with Crippen molar-refractivity contribution in [2.75, 3.05) is 5.73 Å². The van der Waals surface area contributed by atoms with Crippen molar-refractivity contribution in [3.63, 3.8) is 0 Å². The molecular weight excluding hydrogens is 210 g/mol. The van der Waals surface area contributed by atoms with Gasteiger partial charge in [0.2, 0.25) is 0 Å². The predicted octanol–water partition coefficient (Wildman–Crippen LogP) is 0.915. The molecule has 0 fully saturated rings. The summed E-state index contributed by atoms with van der Waals surface area (Å²) in [5.41, 5.74) is 10.5. The Kier molecular flexibility index (Phi) is 2.72. The predicted molar refractivity (Wildman–Crippen MR) is 61.2 cm³/mol. The Bertz CT molecular complexity index is 447. The van der Waals surface area contributed by atoms with Crippen LogP contribution in [0, 0.1) is 6.92 Å². The zero-order chi connectivity index (χ0) is 10.8. The molecule has 0 aliphatic rings. The minimum atomic E-state index is -0.103. The number of nitrogens with one attached hydrogen (secondary N) is 2. The molecule has 0 saturated heterocycles. The highest BCUT2D eigenvalue weighted by Crippen LogP contribution is 2.27. The highest BCUT2D eigenvalue weighted by atomic mass is 32.1. The van der Waals surface area contributed by atoms with Crippen LogP contribution in [0.25, 0.3) is 0 Å². The van der Waals surface area contributed by atoms with Crippen LogP contribution in [0.3, 0.4) is 0 Å². The Morgan fingerprint density at radius 3 is 2.87 bits per heavy atom. The molecule has 15 heavy (non-hydrogen) atoms. The molecule has 0 spiro atoms. The number of hydrogen-bond acceptors (Lipinski definition) is 5. The van der Waals surface area contributed by atoms with Crippen molar-refractivity contribution in [2.24, 2.45) is 5.84 Å². The van der Waals surface area contributed by atoms with Gasteiger partial charge in [0.1, 0.15) is 5.82 Å². The third-order valence-corrected chi connectivity index (χ3v) is 3.14. The van der Waals surface area contributed by atoms with Crippen LogP contribution < -0.4 is 17.0 Å². The SMILES string of the molecule is Cc1cc(C(NN)c2cn[nH]c2N)cs1. The van der Waals surface area contributed by atoms with Crippen molar-refractivity contribution in [2.45, 2.75) is 13.0 Å². The number of aryl methyl sites for hydroxylation is 1. The fraction of sp³-hybridized carbons (Fsp3) is 0.222. The maximum absolute atomic E-state index is 5.75. The van der Waals surface area contributed by atoms with Crippen LogP contribution in [0.1, 0.15) is 22.0 Å². The van der Waals surface area contributed by atoms with Crippen molar-refractivity contribution < 1.29 is 0 Å². The van der Waals surface area contributed by atoms with Gasteiger partial charge in [-0.25, -0.2) is 5.43 Å². The summed E-state index contributed by atoms with van der Waals surface area (Å²) in [6.07, 6.45) is 1.69. The standard InChI is InChI=1S/C9H13N5S/c1-5-2-6(4-15-5)8(13-11)7-3-12-14-9(7)10/h2-4,8,13H,11H2,1H3,(H3,10,12,14). The molecule has 5 nitrogen and oxygen atoms in total. The van der Waals surface area contributed by atoms with Gasteiger partial charge in [0.15, 0.2) is 0 Å². The number of hydrogen-bond donors (Lipinski definition) is 4. The molecule has 0 saturated carbocycles. The van der Waals surface area contributed by atoms with Gasteiger partial charge in [-0.15, -0.1) is 11.3 Å². The summed E-state index contributed by atoms with van der Waals surface area (Å²) in [7, 11) is 0. The maximum Gasteiger partial charge on any atom is 0.124 e. The van der Waals surface area contributed by atoms with Gasteiger partial charge in [-0.3, -0.25) is 10.9 Å². The largest absolute Gasteiger partial charge is 0.384 e. The third-order valence-electron chi connectivity index (χ3n) is 2.26. The van der Waals surface area contributed by atoms with Crippen molar-refractivity contribution in [1.82, 2.24) is 15.6 Å². The molecule has 80 valence electrons. The first-order valence-electron chi connectivity index (χ1n) is 4.52. The minimum absolute atomic E-state index is 0.103. The van der Waals surface area contributed by atoms with E-state index in [1.54, 1.807) is 17.5 Å². The molecule has 0 aliphatic carbocycles. The van der Waals surface area contributed by atoms with Crippen LogP contribution >= 0.6 is 11.3 Å². The molecule has 2 heterocycles. The lowest BCUT2D eigenvalue weighted by molar-refractivity contribution is 0.640. The highest BCUT2D eigenvalue weighted by Gasteiger charge is 2.17. The van der Waals surface area contributed by atoms with Crippen LogP contribution in [-0.4, -0.2) is 10.2 Å². The number of thiophene rings is 1. The lowest BCUT2D eigenvalue weighted by Gasteiger charge is -2.13. The Hall–Kier alpha value is -1.37. The molecule has 0 radical (unpaired) electrons. The van der Waals surface area contributed by atoms with E-state index in [1.165, 1.54) is 4.88 Å². The van der Waals surface area contributed by atoms with Crippen LogP contribution in [-0.2, 0) is 0 Å². The number of aromatic amines is 1. The van der Waals surface area contributed by atoms with E-state index in [0.717, 1.165) is 11.1 Å². The van der Waals surface area contributed by atoms with E-state index in [2.05, 4.69) is 34.0 Å². The summed E-state index contributed by atoms with van der Waals surface area (Å²) < 4.78 is 0. The molecule has 2 aromatic heterocycles. The molecule has 1 unspecified atom stereocenters. The first-order chi connectivity index (χ1) is 7.22. The van der Waals surface area contributed by atoms with Crippen molar-refractivity contribution in [1.29, 1.82) is 0 Å². The second-order valence-corrected chi connectivity index (χ2v) is 4.44. The van der Waals surface area contributed by atoms with Gasteiger partial charge < -0.3 is 5.73 Å². The Morgan fingerprint density at radius 1 is 1.60 bits per heavy atom. The summed E-state index contributed by atoms with van der Waals surface area (Å²) in [5.74, 6) is 6.07. The van der Waals surface area contributed by atoms with E-state index >= 15 is 0 Å². The number of anilines is 1. The zero-order valence-electron chi connectivity index (χ0n) is 8.32. The lowest BCUT2D eigenvalue weighted by atomic mass is 10.0. The summed E-state index contributed by atoms with van der Waals surface area (Å²) in [4.78, 5) is 1.24. The monoisotopic (exact) mass is 223 g/mol. The summed E-state index contributed by atoms with van der Waals surface area (Å²) in [5, 5.41) is 8.64. The second-order valence-electron chi connectivity index (χ2n) is 3.33. The summed E-state index contributed by atoms with van der Waals surface area (Å²) in [6, 6.07) is 1.98. The quantitative estimate of drug-likeness (QED) is 0.460. The molecule has 1 atom stereocenters. The van der Waals surface area contributed by atoms with Gasteiger partial charge >= 0.3 is 0 Å². The van der Waals surface area contributed by atoms with Gasteiger partial charge in [0, 0.05) is 10.4 Å². The Morgan fingerprint density at radius 2 is 2.40 bits per heavy atom. The van der Waals surface area contributed by atoms with Crippen LogP contribution in [0.5, 0.6) is 0 Å². The van der Waals surface area contributed by atoms with E-state index in [4.69, 9.17) is 11.6 Å². The fourth-order valence-corrected chi connectivity index (χ4v) is 2.25. The Labute approximate surface area is 91.5 Å². The van der Waals surface area contributed by atoms with Crippen molar-refractivity contribution >= 4 is 17.2 Å². The van der Waals surface area contributed by atoms with E-state index in [9.17, 15) is 0 Å². The molecular formula is C9H13N5S. The second kappa shape index (κ2) is 4.01. The normalized spacial score (nSPS) is 12.9. The smallest absolute Gasteiger partial charge is 0.124 e. The number of nitrogen functional groups attached to an aromatic ring is 1. The fourth-order valence-electron chi connectivity index (χ4n) is 1.52. The maximum atomic E-state index is 5.75. The molecule has 2 aromatic rings. The van der Waals surface area contributed by atoms with Gasteiger partial charge in [-0.05, 0) is 23.9 Å². The van der Waals surface area contributed by atoms with Gasteiger partial charge in [-0.1, -0.05) is 0 Å². The molecule has 0 amide bonds. The van der Waals surface area contributed by atoms with E-state index in [1.807, 2.05) is 0 Å². The molecule has 6 N–H and O–H groups in total. The van der Waals surface area contributed by atoms with Gasteiger partial charge in [-0.2, -0.15) is 5.10 Å². The molecule has 0 bridgehead atoms. The number of nitrogens with two attached hydrogens (primary N) is 2. The van der Waals surface area contributed by atoms with E-state index in [0.29, 0.717) is 5.82 Å². The highest BCUT2D eigenvalue weighted by molar-refractivity contribution is 7.10. The van der Waals surface area contributed by atoms with Crippen molar-refractivity contribution in [3.8, 4) is 0 Å². The summed E-state index contributed by atoms with van der Waals surface area (Å²) >= 11 is 1.68. The van der Waals surface area contributed by atoms with Gasteiger partial charge in [0.25, 0.3) is 0 Å². The zero-order valence-corrected chi connectivity index (χ0v) is 9.14.